The highest BCUT2D eigenvalue weighted by molar-refractivity contribution is 7.93. The summed E-state index contributed by atoms with van der Waals surface area (Å²) in [6, 6.07) is 12.4. The van der Waals surface area contributed by atoms with E-state index in [0.29, 0.717) is 41.6 Å². The standard InChI is InChI=1S/C20H24O5S/c1-4-24-19-7-6-8-20(25-5-2)18(19)13-14-26(21,22)15-16-9-11-17(23-3)12-10-16/h6-14H,4-5,15H2,1-3H3. The van der Waals surface area contributed by atoms with Crippen LogP contribution in [0.25, 0.3) is 6.08 Å². The van der Waals surface area contributed by atoms with Crippen LogP contribution in [0.15, 0.2) is 47.9 Å². The van der Waals surface area contributed by atoms with E-state index < -0.39 is 9.84 Å². The molecule has 0 saturated heterocycles. The van der Waals surface area contributed by atoms with Crippen LogP contribution in [0.5, 0.6) is 17.2 Å². The summed E-state index contributed by atoms with van der Waals surface area (Å²) in [5.74, 6) is 1.78. The average molecular weight is 376 g/mol. The first-order chi connectivity index (χ1) is 12.5. The van der Waals surface area contributed by atoms with E-state index in [2.05, 4.69) is 0 Å². The van der Waals surface area contributed by atoms with Gasteiger partial charge in [0.2, 0.25) is 0 Å². The predicted octanol–water partition coefficient (Wildman–Crippen LogP) is 4.08. The second kappa shape index (κ2) is 9.29. The zero-order chi connectivity index (χ0) is 19.0. The van der Waals surface area contributed by atoms with Gasteiger partial charge in [0.1, 0.15) is 17.2 Å². The minimum Gasteiger partial charge on any atom is -0.497 e. The molecule has 0 amide bonds. The van der Waals surface area contributed by atoms with Crippen molar-refractivity contribution in [2.24, 2.45) is 0 Å². The van der Waals surface area contributed by atoms with E-state index >= 15 is 0 Å². The van der Waals surface area contributed by atoms with Crippen molar-refractivity contribution in [3.8, 4) is 17.2 Å². The summed E-state index contributed by atoms with van der Waals surface area (Å²) in [4.78, 5) is 0. The fourth-order valence-electron chi connectivity index (χ4n) is 2.42. The molecule has 0 spiro atoms. The monoisotopic (exact) mass is 376 g/mol. The van der Waals surface area contributed by atoms with Crippen molar-refractivity contribution in [1.29, 1.82) is 0 Å². The molecular weight excluding hydrogens is 352 g/mol. The first-order valence-electron chi connectivity index (χ1n) is 8.41. The van der Waals surface area contributed by atoms with E-state index in [9.17, 15) is 8.42 Å². The summed E-state index contributed by atoms with van der Waals surface area (Å²) in [5.41, 5.74) is 1.31. The summed E-state index contributed by atoms with van der Waals surface area (Å²) in [6.45, 7) is 4.71. The Balaban J connectivity index is 2.25. The number of sulfone groups is 1. The van der Waals surface area contributed by atoms with Gasteiger partial charge >= 0.3 is 0 Å². The second-order valence-corrected chi connectivity index (χ2v) is 7.38. The molecule has 0 unspecified atom stereocenters. The Hall–Kier alpha value is -2.47. The van der Waals surface area contributed by atoms with Gasteiger partial charge < -0.3 is 14.2 Å². The summed E-state index contributed by atoms with van der Waals surface area (Å²) >= 11 is 0. The van der Waals surface area contributed by atoms with Gasteiger partial charge in [-0.3, -0.25) is 0 Å². The van der Waals surface area contributed by atoms with E-state index in [1.165, 1.54) is 11.5 Å². The van der Waals surface area contributed by atoms with Crippen LogP contribution in [0.4, 0.5) is 0 Å². The van der Waals surface area contributed by atoms with Crippen molar-refractivity contribution in [2.45, 2.75) is 19.6 Å². The summed E-state index contributed by atoms with van der Waals surface area (Å²) < 4.78 is 41.2. The number of hydrogen-bond donors (Lipinski definition) is 0. The molecule has 0 fully saturated rings. The Morgan fingerprint density at radius 1 is 0.923 bits per heavy atom. The Kier molecular flexibility index (Phi) is 7.09. The minimum absolute atomic E-state index is 0.0890. The normalized spacial score (nSPS) is 11.5. The molecule has 0 aliphatic heterocycles. The maximum Gasteiger partial charge on any atom is 0.175 e. The van der Waals surface area contributed by atoms with Crippen molar-refractivity contribution in [1.82, 2.24) is 0 Å². The topological polar surface area (TPSA) is 61.8 Å². The molecule has 0 aliphatic rings. The zero-order valence-electron chi connectivity index (χ0n) is 15.3. The lowest BCUT2D eigenvalue weighted by Gasteiger charge is -2.12. The molecule has 0 atom stereocenters. The maximum atomic E-state index is 12.5. The molecule has 5 nitrogen and oxygen atoms in total. The highest BCUT2D eigenvalue weighted by Crippen LogP contribution is 2.30. The van der Waals surface area contributed by atoms with Gasteiger partial charge in [-0.05, 0) is 49.8 Å². The third-order valence-corrected chi connectivity index (χ3v) is 4.88. The van der Waals surface area contributed by atoms with Gasteiger partial charge in [0.15, 0.2) is 9.84 Å². The highest BCUT2D eigenvalue weighted by Gasteiger charge is 2.12. The van der Waals surface area contributed by atoms with Crippen molar-refractivity contribution >= 4 is 15.9 Å². The number of methoxy groups -OCH3 is 1. The van der Waals surface area contributed by atoms with Crippen LogP contribution in [-0.4, -0.2) is 28.7 Å². The predicted molar refractivity (Wildman–Crippen MR) is 103 cm³/mol. The molecule has 0 aromatic heterocycles. The largest absolute Gasteiger partial charge is 0.497 e. The Morgan fingerprint density at radius 2 is 1.50 bits per heavy atom. The highest BCUT2D eigenvalue weighted by atomic mass is 32.2. The lowest BCUT2D eigenvalue weighted by molar-refractivity contribution is 0.322. The Labute approximate surface area is 155 Å². The number of rotatable bonds is 9. The summed E-state index contributed by atoms with van der Waals surface area (Å²) in [5, 5.41) is 1.21. The van der Waals surface area contributed by atoms with Gasteiger partial charge in [-0.1, -0.05) is 18.2 Å². The lowest BCUT2D eigenvalue weighted by Crippen LogP contribution is -2.01. The third-order valence-electron chi connectivity index (χ3n) is 3.59. The van der Waals surface area contributed by atoms with E-state index in [1.54, 1.807) is 43.5 Å². The van der Waals surface area contributed by atoms with Crippen LogP contribution in [0.1, 0.15) is 25.0 Å². The van der Waals surface area contributed by atoms with Gasteiger partial charge in [-0.25, -0.2) is 8.42 Å². The van der Waals surface area contributed by atoms with E-state index in [0.717, 1.165) is 0 Å². The molecule has 2 rings (SSSR count). The molecule has 0 saturated carbocycles. The Bertz CT molecular complexity index is 815. The van der Waals surface area contributed by atoms with Crippen LogP contribution < -0.4 is 14.2 Å². The molecule has 0 aliphatic carbocycles. The molecular formula is C20H24O5S. The zero-order valence-corrected chi connectivity index (χ0v) is 16.1. The van der Waals surface area contributed by atoms with Crippen molar-refractivity contribution < 1.29 is 22.6 Å². The smallest absolute Gasteiger partial charge is 0.175 e. The lowest BCUT2D eigenvalue weighted by atomic mass is 10.2. The molecule has 0 heterocycles. The number of benzene rings is 2. The molecule has 0 bridgehead atoms. The van der Waals surface area contributed by atoms with Crippen LogP contribution in [0.3, 0.4) is 0 Å². The number of hydrogen-bond acceptors (Lipinski definition) is 5. The molecule has 26 heavy (non-hydrogen) atoms. The molecule has 2 aromatic rings. The van der Waals surface area contributed by atoms with Crippen LogP contribution in [0.2, 0.25) is 0 Å². The summed E-state index contributed by atoms with van der Waals surface area (Å²) in [7, 11) is -1.88. The average Bonchev–Trinajstić information content (AvgIpc) is 2.62. The van der Waals surface area contributed by atoms with Crippen LogP contribution >= 0.6 is 0 Å². The van der Waals surface area contributed by atoms with Gasteiger partial charge in [0.05, 0.1) is 31.6 Å². The fourth-order valence-corrected chi connectivity index (χ4v) is 3.52. The first-order valence-corrected chi connectivity index (χ1v) is 10.1. The summed E-state index contributed by atoms with van der Waals surface area (Å²) in [6.07, 6.45) is 1.54. The molecule has 2 aromatic carbocycles. The Morgan fingerprint density at radius 3 is 2.00 bits per heavy atom. The number of ether oxygens (including phenoxy) is 3. The van der Waals surface area contributed by atoms with E-state index in [4.69, 9.17) is 14.2 Å². The van der Waals surface area contributed by atoms with Crippen LogP contribution in [0, 0.1) is 0 Å². The maximum absolute atomic E-state index is 12.5. The third kappa shape index (κ3) is 5.52. The molecule has 6 heteroatoms. The van der Waals surface area contributed by atoms with Gasteiger partial charge in [0, 0.05) is 5.41 Å². The van der Waals surface area contributed by atoms with Gasteiger partial charge in [-0.2, -0.15) is 0 Å². The molecule has 0 radical (unpaired) electrons. The van der Waals surface area contributed by atoms with Gasteiger partial charge in [-0.15, -0.1) is 0 Å². The van der Waals surface area contributed by atoms with Gasteiger partial charge in [0.25, 0.3) is 0 Å². The van der Waals surface area contributed by atoms with Crippen molar-refractivity contribution in [3.05, 3.63) is 59.0 Å². The second-order valence-electron chi connectivity index (χ2n) is 5.49. The molecule has 140 valence electrons. The van der Waals surface area contributed by atoms with E-state index in [1.807, 2.05) is 19.9 Å². The SMILES string of the molecule is CCOc1cccc(OCC)c1C=CS(=O)(=O)Cc1ccc(OC)cc1. The fraction of sp³-hybridized carbons (Fsp3) is 0.300. The minimum atomic E-state index is -3.45. The first kappa shape index (κ1) is 19.8. The van der Waals surface area contributed by atoms with Crippen molar-refractivity contribution in [3.63, 3.8) is 0 Å². The van der Waals surface area contributed by atoms with Crippen molar-refractivity contribution in [2.75, 3.05) is 20.3 Å². The van der Waals surface area contributed by atoms with Crippen LogP contribution in [-0.2, 0) is 15.6 Å². The molecule has 0 N–H and O–H groups in total. The quantitative estimate of drug-likeness (QED) is 0.660. The van der Waals surface area contributed by atoms with E-state index in [-0.39, 0.29) is 5.75 Å².